The molecule has 2 unspecified atom stereocenters. The number of hydrogen-bond donors (Lipinski definition) is 0. The lowest BCUT2D eigenvalue weighted by Crippen LogP contribution is -2.52. The average molecular weight is 421 g/mol. The van der Waals surface area contributed by atoms with Gasteiger partial charge < -0.3 is 22.8 Å². The zero-order chi connectivity index (χ0) is 20.8. The van der Waals surface area contributed by atoms with Crippen LogP contribution in [-0.2, 0) is 13.0 Å². The van der Waals surface area contributed by atoms with E-state index in [0.717, 1.165) is 77.4 Å². The second-order valence-corrected chi connectivity index (χ2v) is 14.4. The summed E-state index contributed by atoms with van der Waals surface area (Å²) in [6.07, 6.45) is 2.28. The van der Waals surface area contributed by atoms with Crippen molar-refractivity contribution in [1.29, 1.82) is 0 Å². The van der Waals surface area contributed by atoms with E-state index in [0.29, 0.717) is 0 Å². The van der Waals surface area contributed by atoms with Crippen LogP contribution in [0.25, 0.3) is 0 Å². The van der Waals surface area contributed by atoms with Crippen molar-refractivity contribution in [3.05, 3.63) is 0 Å². The van der Waals surface area contributed by atoms with E-state index in [-0.39, 0.29) is 0 Å². The molecule has 0 spiro atoms. The van der Waals surface area contributed by atoms with E-state index in [4.69, 9.17) is 13.0 Å². The highest BCUT2D eigenvalue weighted by Crippen LogP contribution is 2.26. The van der Waals surface area contributed by atoms with Gasteiger partial charge in [-0.15, -0.1) is 0 Å². The molecule has 2 atom stereocenters. The number of nitrogens with zero attached hydrogens (tertiary/aromatic N) is 2. The molecule has 0 aromatic rings. The Morgan fingerprint density at radius 1 is 0.593 bits per heavy atom. The second kappa shape index (κ2) is 15.1. The lowest BCUT2D eigenvalue weighted by Gasteiger charge is -2.37. The van der Waals surface area contributed by atoms with Gasteiger partial charge in [0.25, 0.3) is 0 Å². The molecule has 0 bridgehead atoms. The Morgan fingerprint density at radius 2 is 0.926 bits per heavy atom. The van der Waals surface area contributed by atoms with Crippen molar-refractivity contribution in [3.8, 4) is 0 Å². The van der Waals surface area contributed by atoms with Gasteiger partial charge in [0, 0.05) is 13.2 Å². The van der Waals surface area contributed by atoms with Crippen LogP contribution in [0.5, 0.6) is 0 Å². The minimum Gasteiger partial charge on any atom is -0.415 e. The highest BCUT2D eigenvalue weighted by molar-refractivity contribution is 6.80. The molecule has 0 rings (SSSR count). The van der Waals surface area contributed by atoms with Crippen LogP contribution >= 0.6 is 0 Å². The Hall–Kier alpha value is 0.234. The van der Waals surface area contributed by atoms with E-state index in [2.05, 4.69) is 64.4 Å². The van der Waals surface area contributed by atoms with Crippen LogP contribution in [0.4, 0.5) is 0 Å². The number of rotatable bonds is 18. The molecule has 164 valence electrons. The van der Waals surface area contributed by atoms with Crippen LogP contribution in [0.3, 0.4) is 0 Å². The van der Waals surface area contributed by atoms with Gasteiger partial charge >= 0.3 is 17.1 Å². The highest BCUT2D eigenvalue weighted by Gasteiger charge is 2.42. The molecule has 0 aliphatic rings. The van der Waals surface area contributed by atoms with E-state index >= 15 is 0 Å². The van der Waals surface area contributed by atoms with Gasteiger partial charge in [0.2, 0.25) is 0 Å². The fourth-order valence-corrected chi connectivity index (χ4v) is 11.8. The quantitative estimate of drug-likeness (QED) is 0.301. The fourth-order valence-electron chi connectivity index (χ4n) is 3.70. The largest absolute Gasteiger partial charge is 0.415 e. The van der Waals surface area contributed by atoms with E-state index in [9.17, 15) is 0 Å². The zero-order valence-electron chi connectivity index (χ0n) is 19.6. The van der Waals surface area contributed by atoms with Gasteiger partial charge in [-0.05, 0) is 91.1 Å². The van der Waals surface area contributed by atoms with Crippen molar-refractivity contribution in [2.24, 2.45) is 0 Å². The van der Waals surface area contributed by atoms with Crippen molar-refractivity contribution in [2.75, 3.05) is 52.5 Å². The van der Waals surface area contributed by atoms with E-state index in [1.54, 1.807) is 0 Å². The summed E-state index contributed by atoms with van der Waals surface area (Å²) in [5, 5.41) is 0. The van der Waals surface area contributed by atoms with E-state index in [1.165, 1.54) is 0 Å². The molecule has 0 radical (unpaired) electrons. The minimum absolute atomic E-state index is 0.726. The molecule has 0 amide bonds. The van der Waals surface area contributed by atoms with Crippen LogP contribution in [0.2, 0.25) is 25.2 Å². The first-order valence-corrected chi connectivity index (χ1v) is 16.3. The van der Waals surface area contributed by atoms with Crippen LogP contribution < -0.4 is 0 Å². The maximum absolute atomic E-state index is 6.80. The van der Waals surface area contributed by atoms with Gasteiger partial charge in [-0.3, -0.25) is 0 Å². The van der Waals surface area contributed by atoms with Crippen LogP contribution in [-0.4, -0.2) is 79.4 Å². The molecule has 0 heterocycles. The van der Waals surface area contributed by atoms with Crippen LogP contribution in [0, 0.1) is 0 Å². The fraction of sp³-hybridized carbons (Fsp3) is 1.00. The third-order valence-corrected chi connectivity index (χ3v) is 13.1. The Labute approximate surface area is 172 Å². The van der Waals surface area contributed by atoms with Crippen molar-refractivity contribution < 1.29 is 13.0 Å². The predicted molar refractivity (Wildman–Crippen MR) is 122 cm³/mol. The van der Waals surface area contributed by atoms with Crippen molar-refractivity contribution in [2.45, 2.75) is 79.6 Å². The summed E-state index contributed by atoms with van der Waals surface area (Å²) in [5.74, 6) is 0. The third kappa shape index (κ3) is 11.7. The Bertz CT molecular complexity index is 326. The van der Waals surface area contributed by atoms with Crippen molar-refractivity contribution in [3.63, 3.8) is 0 Å². The molecule has 0 aliphatic heterocycles. The summed E-state index contributed by atoms with van der Waals surface area (Å²) >= 11 is 0. The first-order chi connectivity index (χ1) is 12.8. The Kier molecular flexibility index (Phi) is 15.3. The number of hydrogen-bond acceptors (Lipinski definition) is 5. The van der Waals surface area contributed by atoms with Gasteiger partial charge in [-0.2, -0.15) is 0 Å². The molecule has 0 aromatic heterocycles. The van der Waals surface area contributed by atoms with E-state index in [1.807, 2.05) is 0 Å². The van der Waals surface area contributed by atoms with Gasteiger partial charge in [0.05, 0.1) is 0 Å². The summed E-state index contributed by atoms with van der Waals surface area (Å²) < 4.78 is 19.3. The molecule has 5 nitrogen and oxygen atoms in total. The third-order valence-electron chi connectivity index (χ3n) is 5.33. The smallest absolute Gasteiger partial charge is 0.326 e. The first-order valence-electron chi connectivity index (χ1n) is 11.2. The predicted octanol–water partition coefficient (Wildman–Crippen LogP) is 4.68. The molecule has 0 aromatic carbocycles. The molecule has 0 fully saturated rings. The maximum Gasteiger partial charge on any atom is 0.326 e. The molecule has 7 heteroatoms. The van der Waals surface area contributed by atoms with Crippen molar-refractivity contribution >= 4 is 17.1 Å². The van der Waals surface area contributed by atoms with Gasteiger partial charge in [0.15, 0.2) is 0 Å². The Balaban J connectivity index is 4.85. The summed E-state index contributed by atoms with van der Waals surface area (Å²) in [5.41, 5.74) is 0. The summed E-state index contributed by atoms with van der Waals surface area (Å²) in [4.78, 5) is 4.95. The normalized spacial score (nSPS) is 16.7. The maximum atomic E-state index is 6.80. The molecule has 0 saturated carbocycles. The molecule has 0 saturated heterocycles. The SMILES string of the molecule is CCO[Si](C)(CCCN(CC)CC)O[Si](C)(CCCN(CC)CC)OCC. The Morgan fingerprint density at radius 3 is 1.19 bits per heavy atom. The monoisotopic (exact) mass is 420 g/mol. The molecular weight excluding hydrogens is 372 g/mol. The second-order valence-electron chi connectivity index (χ2n) is 7.50. The average Bonchev–Trinajstić information content (AvgIpc) is 2.62. The molecular formula is C20H48N2O3Si2. The van der Waals surface area contributed by atoms with E-state index < -0.39 is 17.1 Å². The lowest BCUT2D eigenvalue weighted by atomic mass is 10.4. The van der Waals surface area contributed by atoms with Gasteiger partial charge in [-0.1, -0.05) is 27.7 Å². The van der Waals surface area contributed by atoms with Gasteiger partial charge in [-0.25, -0.2) is 0 Å². The van der Waals surface area contributed by atoms with Crippen molar-refractivity contribution in [1.82, 2.24) is 9.80 Å². The lowest BCUT2D eigenvalue weighted by molar-refractivity contribution is 0.194. The molecule has 27 heavy (non-hydrogen) atoms. The summed E-state index contributed by atoms with van der Waals surface area (Å²) in [7, 11) is -4.42. The highest BCUT2D eigenvalue weighted by atomic mass is 28.5. The zero-order valence-corrected chi connectivity index (χ0v) is 21.6. The molecule has 0 N–H and O–H groups in total. The minimum atomic E-state index is -2.21. The van der Waals surface area contributed by atoms with Crippen LogP contribution in [0.15, 0.2) is 0 Å². The standard InChI is InChI=1S/C20H48N2O3Si2/c1-9-21(10-2)17-15-19-26(7,23-13-5)25-27(8,24-14-6)20-16-18-22(11-3)12-4/h9-20H2,1-8H3. The van der Waals surface area contributed by atoms with Gasteiger partial charge in [0.1, 0.15) is 0 Å². The summed E-state index contributed by atoms with van der Waals surface area (Å²) in [6.45, 7) is 25.7. The topological polar surface area (TPSA) is 34.2 Å². The first kappa shape index (κ1) is 27.2. The molecule has 0 aliphatic carbocycles. The van der Waals surface area contributed by atoms with Crippen LogP contribution in [0.1, 0.15) is 54.4 Å². The summed E-state index contributed by atoms with van der Waals surface area (Å²) in [6, 6.07) is 2.09.